The second-order valence-electron chi connectivity index (χ2n) is 15.0. The molecule has 0 aliphatic heterocycles. The summed E-state index contributed by atoms with van der Waals surface area (Å²) in [5, 5.41) is 6.02. The number of hydrogen-bond donors (Lipinski definition) is 0. The van der Waals surface area contributed by atoms with Crippen molar-refractivity contribution in [2.24, 2.45) is 15.0 Å². The highest BCUT2D eigenvalue weighted by Gasteiger charge is 2.20. The number of aromatic nitrogens is 3. The van der Waals surface area contributed by atoms with E-state index in [4.69, 9.17) is 15.0 Å². The van der Waals surface area contributed by atoms with Crippen LogP contribution in [-0.2, 0) is 6.54 Å². The zero-order valence-corrected chi connectivity index (χ0v) is 32.8. The predicted octanol–water partition coefficient (Wildman–Crippen LogP) is 13.0. The van der Waals surface area contributed by atoms with E-state index in [1.807, 2.05) is 48.6 Å². The molecule has 0 saturated heterocycles. The lowest BCUT2D eigenvalue weighted by Crippen LogP contribution is -2.06. The summed E-state index contributed by atoms with van der Waals surface area (Å²) in [5.41, 5.74) is 12.8. The smallest absolute Gasteiger partial charge is 0.160 e. The molecular weight excluding hydrogens is 733 g/mol. The molecule has 6 nitrogen and oxygen atoms in total. The Morgan fingerprint density at radius 1 is 0.600 bits per heavy atom. The number of rotatable bonds is 6. The quantitative estimate of drug-likeness (QED) is 0.0943. The Morgan fingerprint density at radius 2 is 1.32 bits per heavy atom. The Hall–Kier alpha value is -7.96. The molecule has 0 radical (unpaired) electrons. The van der Waals surface area contributed by atoms with Crippen molar-refractivity contribution >= 4 is 78.6 Å². The van der Waals surface area contributed by atoms with E-state index in [1.54, 1.807) is 0 Å². The van der Waals surface area contributed by atoms with Crippen LogP contribution in [0.1, 0.15) is 17.5 Å². The molecule has 0 atom stereocenters. The van der Waals surface area contributed by atoms with Crippen molar-refractivity contribution in [2.75, 3.05) is 0 Å². The third-order valence-electron chi connectivity index (χ3n) is 11.5. The minimum absolute atomic E-state index is 0.454. The summed E-state index contributed by atoms with van der Waals surface area (Å²) in [5.74, 6) is 1.17. The minimum Gasteiger partial charge on any atom is -0.309 e. The summed E-state index contributed by atoms with van der Waals surface area (Å²) < 4.78 is 4.75. The molecule has 0 amide bonds. The predicted molar refractivity (Wildman–Crippen MR) is 252 cm³/mol. The number of nitrogens with zero attached hydrogens (tertiary/aromatic N) is 6. The van der Waals surface area contributed by atoms with E-state index >= 15 is 0 Å². The zero-order chi connectivity index (χ0) is 40.0. The summed E-state index contributed by atoms with van der Waals surface area (Å²) >= 11 is 0. The topological polar surface area (TPSA) is 59.3 Å². The normalized spacial score (nSPS) is 13.6. The van der Waals surface area contributed by atoms with Crippen LogP contribution in [0.25, 0.3) is 77.0 Å². The van der Waals surface area contributed by atoms with Gasteiger partial charge in [0.1, 0.15) is 5.65 Å². The standard InChI is InChI=1S/C54H38N6/c1-55-52(37-18-5-2-3-6-19-37)58-53(38-20-7-4-8-21-38)56-35-36-17-15-22-39(33-36)40-23-16-24-41(34-40)59-46-29-13-11-27-44(46)51-48(59)31-32-49-50(51)42-25-9-10-26-43(42)54-57-45-28-12-14-30-47(45)60(49)54/h2-5,7-34H,1,6,35H2. The molecule has 3 heterocycles. The Morgan fingerprint density at radius 3 is 2.18 bits per heavy atom. The molecule has 6 heteroatoms. The largest absolute Gasteiger partial charge is 0.309 e. The molecule has 11 rings (SSSR count). The highest BCUT2D eigenvalue weighted by molar-refractivity contribution is 6.29. The molecular formula is C54H38N6. The number of amidine groups is 2. The molecule has 284 valence electrons. The average Bonchev–Trinajstić information content (AvgIpc) is 3.74. The van der Waals surface area contributed by atoms with E-state index in [1.165, 1.54) is 21.5 Å². The Labute approximate surface area is 346 Å². The molecule has 0 spiro atoms. The van der Waals surface area contributed by atoms with Crippen molar-refractivity contribution in [1.29, 1.82) is 0 Å². The Balaban J connectivity index is 1.03. The number of pyridine rings is 1. The summed E-state index contributed by atoms with van der Waals surface area (Å²) in [7, 11) is 0. The Kier molecular flexibility index (Phi) is 8.67. The highest BCUT2D eigenvalue weighted by Crippen LogP contribution is 2.42. The zero-order valence-electron chi connectivity index (χ0n) is 32.8. The highest BCUT2D eigenvalue weighted by atomic mass is 15.0. The lowest BCUT2D eigenvalue weighted by Gasteiger charge is -2.13. The van der Waals surface area contributed by atoms with E-state index < -0.39 is 0 Å². The van der Waals surface area contributed by atoms with Crippen LogP contribution in [0.4, 0.5) is 0 Å². The van der Waals surface area contributed by atoms with E-state index in [0.717, 1.165) is 78.6 Å². The first-order valence-corrected chi connectivity index (χ1v) is 20.3. The summed E-state index contributed by atoms with van der Waals surface area (Å²) in [6.45, 7) is 4.30. The van der Waals surface area contributed by atoms with Crippen LogP contribution in [-0.4, -0.2) is 32.3 Å². The number of hydrogen-bond acceptors (Lipinski definition) is 2. The number of aliphatic imine (C=N–C) groups is 3. The van der Waals surface area contributed by atoms with Crippen molar-refractivity contribution in [2.45, 2.75) is 13.0 Å². The van der Waals surface area contributed by atoms with Gasteiger partial charge in [-0.2, -0.15) is 0 Å². The van der Waals surface area contributed by atoms with Crippen molar-refractivity contribution in [1.82, 2.24) is 14.0 Å². The molecule has 3 aromatic heterocycles. The fourth-order valence-corrected chi connectivity index (χ4v) is 8.79. The molecule has 0 bridgehead atoms. The summed E-state index contributed by atoms with van der Waals surface area (Å²) in [6.07, 6.45) is 11.1. The van der Waals surface area contributed by atoms with Gasteiger partial charge in [0, 0.05) is 38.4 Å². The monoisotopic (exact) mass is 770 g/mol. The van der Waals surface area contributed by atoms with Gasteiger partial charge in [-0.05, 0) is 83.7 Å². The second-order valence-corrected chi connectivity index (χ2v) is 15.0. The molecule has 7 aromatic carbocycles. The fourth-order valence-electron chi connectivity index (χ4n) is 8.79. The van der Waals surface area contributed by atoms with Crippen LogP contribution < -0.4 is 0 Å². The third-order valence-corrected chi connectivity index (χ3v) is 11.5. The van der Waals surface area contributed by atoms with Crippen LogP contribution in [0.5, 0.6) is 0 Å². The fraction of sp³-hybridized carbons (Fsp3) is 0.0370. The first-order valence-electron chi connectivity index (χ1n) is 20.3. The van der Waals surface area contributed by atoms with Crippen molar-refractivity contribution in [3.63, 3.8) is 0 Å². The lowest BCUT2D eigenvalue weighted by molar-refractivity contribution is 1.06. The molecule has 1 aliphatic carbocycles. The number of imidazole rings is 1. The van der Waals surface area contributed by atoms with Crippen LogP contribution in [0.15, 0.2) is 215 Å². The number of benzene rings is 7. The minimum atomic E-state index is 0.454. The van der Waals surface area contributed by atoms with Gasteiger partial charge in [0.25, 0.3) is 0 Å². The maximum absolute atomic E-state index is 5.14. The van der Waals surface area contributed by atoms with Gasteiger partial charge in [0.05, 0.1) is 34.1 Å². The second kappa shape index (κ2) is 14.8. The van der Waals surface area contributed by atoms with E-state index in [9.17, 15) is 0 Å². The van der Waals surface area contributed by atoms with Crippen LogP contribution in [0.3, 0.4) is 0 Å². The van der Waals surface area contributed by atoms with Gasteiger partial charge in [0.2, 0.25) is 0 Å². The molecule has 0 unspecified atom stereocenters. The van der Waals surface area contributed by atoms with E-state index in [0.29, 0.717) is 18.2 Å². The van der Waals surface area contributed by atoms with E-state index in [-0.39, 0.29) is 0 Å². The molecule has 10 aromatic rings. The number of fused-ring (bicyclic) bond motifs is 12. The molecule has 0 N–H and O–H groups in total. The number of allylic oxidation sites excluding steroid dienone is 4. The van der Waals surface area contributed by atoms with Gasteiger partial charge in [0.15, 0.2) is 11.7 Å². The Bertz CT molecular complexity index is 3500. The lowest BCUT2D eigenvalue weighted by atomic mass is 10.0. The van der Waals surface area contributed by atoms with Crippen molar-refractivity contribution < 1.29 is 0 Å². The molecule has 0 fully saturated rings. The number of para-hydroxylation sites is 3. The van der Waals surface area contributed by atoms with Gasteiger partial charge in [-0.1, -0.05) is 146 Å². The van der Waals surface area contributed by atoms with Crippen molar-refractivity contribution in [3.05, 3.63) is 211 Å². The summed E-state index contributed by atoms with van der Waals surface area (Å²) in [4.78, 5) is 19.5. The van der Waals surface area contributed by atoms with Gasteiger partial charge in [-0.3, -0.25) is 9.39 Å². The van der Waals surface area contributed by atoms with Crippen LogP contribution in [0.2, 0.25) is 0 Å². The van der Waals surface area contributed by atoms with Gasteiger partial charge < -0.3 is 4.57 Å². The maximum Gasteiger partial charge on any atom is 0.160 e. The van der Waals surface area contributed by atoms with Gasteiger partial charge in [-0.15, -0.1) is 0 Å². The molecule has 0 saturated carbocycles. The average molecular weight is 771 g/mol. The first kappa shape index (κ1) is 35.2. The van der Waals surface area contributed by atoms with Crippen molar-refractivity contribution in [3.8, 4) is 16.8 Å². The van der Waals surface area contributed by atoms with Gasteiger partial charge in [-0.25, -0.2) is 15.0 Å². The van der Waals surface area contributed by atoms with E-state index in [2.05, 4.69) is 166 Å². The summed E-state index contributed by atoms with van der Waals surface area (Å²) in [6, 6.07) is 58.0. The van der Waals surface area contributed by atoms with Crippen LogP contribution in [0, 0.1) is 0 Å². The third kappa shape index (κ3) is 5.96. The van der Waals surface area contributed by atoms with Gasteiger partial charge >= 0.3 is 0 Å². The first-order chi connectivity index (χ1) is 29.7. The molecule has 60 heavy (non-hydrogen) atoms. The van der Waals surface area contributed by atoms with Crippen LogP contribution >= 0.6 is 0 Å². The molecule has 1 aliphatic rings. The SMILES string of the molecule is C=NC(=NC(=NCc1cccc(-c2cccc(-n3c4ccccc4c4c5c6ccccc6c6nc7ccccc7n6c5ccc43)c2)c1)c1ccccc1)C1=CCC=CC=C1. The maximum atomic E-state index is 5.14.